The molecule has 1 spiro atoms. The summed E-state index contributed by atoms with van der Waals surface area (Å²) < 4.78 is 0. The van der Waals surface area contributed by atoms with Gasteiger partial charge >= 0.3 is 0 Å². The maximum Gasteiger partial charge on any atom is 0.0139 e. The van der Waals surface area contributed by atoms with Gasteiger partial charge in [-0.25, -0.2) is 0 Å². The minimum atomic E-state index is 0.318. The molecule has 0 bridgehead atoms. The fourth-order valence-electron chi connectivity index (χ4n) is 6.70. The molecular formula is C23H28. The summed E-state index contributed by atoms with van der Waals surface area (Å²) in [4.78, 5) is 0. The molecule has 0 saturated carbocycles. The van der Waals surface area contributed by atoms with Gasteiger partial charge in [0.25, 0.3) is 0 Å². The Morgan fingerprint density at radius 3 is 2.83 bits per heavy atom. The summed E-state index contributed by atoms with van der Waals surface area (Å²) in [5.74, 6) is 0.680. The first kappa shape index (κ1) is 14.1. The molecule has 120 valence electrons. The van der Waals surface area contributed by atoms with Crippen LogP contribution in [-0.4, -0.2) is 0 Å². The summed E-state index contributed by atoms with van der Waals surface area (Å²) in [6, 6.07) is 0. The van der Waals surface area contributed by atoms with Crippen LogP contribution >= 0.6 is 0 Å². The molecule has 0 amide bonds. The monoisotopic (exact) mass is 304 g/mol. The highest BCUT2D eigenvalue weighted by Crippen LogP contribution is 2.70. The second-order valence-electron chi connectivity index (χ2n) is 8.97. The van der Waals surface area contributed by atoms with Crippen molar-refractivity contribution >= 4 is 0 Å². The predicted octanol–water partition coefficient (Wildman–Crippen LogP) is 6.29. The van der Waals surface area contributed by atoms with Crippen molar-refractivity contribution in [1.82, 2.24) is 0 Å². The number of rotatable bonds is 0. The molecule has 4 atom stereocenters. The molecule has 5 aliphatic rings. The Balaban J connectivity index is 1.69. The lowest BCUT2D eigenvalue weighted by atomic mass is 9.52. The van der Waals surface area contributed by atoms with E-state index in [1.54, 1.807) is 22.3 Å². The van der Waals surface area contributed by atoms with E-state index in [1.807, 2.05) is 0 Å². The lowest BCUT2D eigenvalue weighted by molar-refractivity contribution is 0.122. The van der Waals surface area contributed by atoms with Crippen LogP contribution < -0.4 is 0 Å². The molecule has 0 aromatic heterocycles. The molecule has 0 radical (unpaired) electrons. The van der Waals surface area contributed by atoms with E-state index in [4.69, 9.17) is 0 Å². The first-order valence-corrected chi connectivity index (χ1v) is 9.54. The van der Waals surface area contributed by atoms with E-state index in [9.17, 15) is 0 Å². The largest absolute Gasteiger partial charge is 0.0842 e. The Kier molecular flexibility index (Phi) is 2.57. The summed E-state index contributed by atoms with van der Waals surface area (Å²) in [5.41, 5.74) is 7.72. The molecule has 0 heterocycles. The van der Waals surface area contributed by atoms with Crippen LogP contribution in [0, 0.1) is 22.2 Å². The Morgan fingerprint density at radius 1 is 1.09 bits per heavy atom. The van der Waals surface area contributed by atoms with Crippen LogP contribution in [0.15, 0.2) is 58.7 Å². The van der Waals surface area contributed by atoms with Gasteiger partial charge in [-0.15, -0.1) is 0 Å². The highest BCUT2D eigenvalue weighted by molar-refractivity contribution is 5.62. The van der Waals surface area contributed by atoms with Crippen molar-refractivity contribution in [2.45, 2.75) is 59.3 Å². The number of hydrogen-bond donors (Lipinski definition) is 0. The molecule has 0 saturated heterocycles. The van der Waals surface area contributed by atoms with Crippen LogP contribution in [0.1, 0.15) is 59.3 Å². The zero-order valence-electron chi connectivity index (χ0n) is 14.8. The third kappa shape index (κ3) is 1.45. The van der Waals surface area contributed by atoms with Gasteiger partial charge in [-0.2, -0.15) is 0 Å². The van der Waals surface area contributed by atoms with Crippen molar-refractivity contribution in [1.29, 1.82) is 0 Å². The van der Waals surface area contributed by atoms with Crippen molar-refractivity contribution < 1.29 is 0 Å². The van der Waals surface area contributed by atoms with E-state index < -0.39 is 0 Å². The van der Waals surface area contributed by atoms with Gasteiger partial charge in [0.1, 0.15) is 0 Å². The van der Waals surface area contributed by atoms with Crippen LogP contribution in [0.4, 0.5) is 0 Å². The normalized spacial score (nSPS) is 46.8. The summed E-state index contributed by atoms with van der Waals surface area (Å²) in [7, 11) is 0. The summed E-state index contributed by atoms with van der Waals surface area (Å²) in [5, 5.41) is 0. The lowest BCUT2D eigenvalue weighted by Crippen LogP contribution is -2.42. The molecule has 0 N–H and O–H groups in total. The molecule has 0 aromatic rings. The number of allylic oxidation sites excluding steroid dienone is 10. The fraction of sp³-hybridized carbons (Fsp3) is 0.565. The Morgan fingerprint density at radius 2 is 1.96 bits per heavy atom. The quantitative estimate of drug-likeness (QED) is 0.461. The Hall–Kier alpha value is -1.30. The second-order valence-corrected chi connectivity index (χ2v) is 8.97. The minimum absolute atomic E-state index is 0.318. The first-order valence-electron chi connectivity index (χ1n) is 9.54. The van der Waals surface area contributed by atoms with Crippen molar-refractivity contribution in [3.63, 3.8) is 0 Å². The molecule has 0 heteroatoms. The van der Waals surface area contributed by atoms with Crippen molar-refractivity contribution in [3.8, 4) is 0 Å². The highest BCUT2D eigenvalue weighted by atomic mass is 14.6. The maximum absolute atomic E-state index is 2.60. The van der Waals surface area contributed by atoms with Crippen LogP contribution in [0.3, 0.4) is 0 Å². The Labute approximate surface area is 140 Å². The fourth-order valence-corrected chi connectivity index (χ4v) is 6.70. The smallest absolute Gasteiger partial charge is 0.0139 e. The third-order valence-corrected chi connectivity index (χ3v) is 8.12. The Bertz CT molecular complexity index is 740. The van der Waals surface area contributed by atoms with Gasteiger partial charge < -0.3 is 0 Å². The van der Waals surface area contributed by atoms with Gasteiger partial charge in [0.05, 0.1) is 0 Å². The molecule has 5 aliphatic carbocycles. The zero-order valence-corrected chi connectivity index (χ0v) is 14.8. The van der Waals surface area contributed by atoms with Gasteiger partial charge in [-0.1, -0.05) is 62.8 Å². The molecule has 5 rings (SSSR count). The van der Waals surface area contributed by atoms with E-state index in [0.29, 0.717) is 22.2 Å². The third-order valence-electron chi connectivity index (χ3n) is 8.12. The van der Waals surface area contributed by atoms with E-state index in [2.05, 4.69) is 57.2 Å². The lowest BCUT2D eigenvalue weighted by Gasteiger charge is -2.51. The molecule has 0 fully saturated rings. The summed E-state index contributed by atoms with van der Waals surface area (Å²) >= 11 is 0. The van der Waals surface area contributed by atoms with E-state index in [0.717, 1.165) is 0 Å². The minimum Gasteiger partial charge on any atom is -0.0842 e. The van der Waals surface area contributed by atoms with Crippen LogP contribution in [0.2, 0.25) is 0 Å². The molecule has 0 nitrogen and oxygen atoms in total. The summed E-state index contributed by atoms with van der Waals surface area (Å²) in [6.45, 7) is 7.47. The zero-order chi connectivity index (χ0) is 15.9. The van der Waals surface area contributed by atoms with E-state index in [1.165, 1.54) is 38.5 Å². The molecule has 0 aromatic carbocycles. The van der Waals surface area contributed by atoms with Crippen LogP contribution in [0.25, 0.3) is 0 Å². The van der Waals surface area contributed by atoms with Gasteiger partial charge in [0, 0.05) is 10.8 Å². The first-order chi connectivity index (χ1) is 11.0. The maximum atomic E-state index is 2.60. The molecule has 23 heavy (non-hydrogen) atoms. The average molecular weight is 304 g/mol. The predicted molar refractivity (Wildman–Crippen MR) is 97.0 cm³/mol. The average Bonchev–Trinajstić information content (AvgIpc) is 2.98. The number of fused-ring (bicyclic) bond motifs is 3. The van der Waals surface area contributed by atoms with Crippen molar-refractivity contribution in [2.75, 3.05) is 0 Å². The summed E-state index contributed by atoms with van der Waals surface area (Å²) in [6.07, 6.45) is 22.9. The van der Waals surface area contributed by atoms with Crippen molar-refractivity contribution in [2.24, 2.45) is 22.2 Å². The van der Waals surface area contributed by atoms with Gasteiger partial charge in [0.2, 0.25) is 0 Å². The van der Waals surface area contributed by atoms with E-state index >= 15 is 0 Å². The van der Waals surface area contributed by atoms with Gasteiger partial charge in [0.15, 0.2) is 0 Å². The van der Waals surface area contributed by atoms with Crippen LogP contribution in [0.5, 0.6) is 0 Å². The van der Waals surface area contributed by atoms with Gasteiger partial charge in [-0.05, 0) is 66.6 Å². The molecule has 0 aliphatic heterocycles. The second kappa shape index (κ2) is 4.21. The molecular weight excluding hydrogens is 276 g/mol. The van der Waals surface area contributed by atoms with Crippen molar-refractivity contribution in [3.05, 3.63) is 58.7 Å². The standard InChI is InChI=1S/C23H28/c1-16-9-13-21(2)14-10-20-18-8-7-17-6-4-5-12-22(17,3)19(18)11-15-23(16,20)21/h6-10,13,16H,4-5,11-12,14-15H2,1-3H3/t16-,21?,22?,23?/m1/s1. The molecule has 3 unspecified atom stereocenters. The van der Waals surface area contributed by atoms with E-state index in [-0.39, 0.29) is 0 Å². The number of hydrogen-bond acceptors (Lipinski definition) is 0. The van der Waals surface area contributed by atoms with Crippen LogP contribution in [-0.2, 0) is 0 Å². The highest BCUT2D eigenvalue weighted by Gasteiger charge is 2.60. The van der Waals surface area contributed by atoms with Gasteiger partial charge in [-0.3, -0.25) is 0 Å². The topological polar surface area (TPSA) is 0 Å². The SMILES string of the molecule is C[C@@H]1C=CC2(C)CC=C3C4=C(CCC312)C1(C)CCCC=C1C=C4.